The molecule has 0 aliphatic heterocycles. The Bertz CT molecular complexity index is 423. The van der Waals surface area contributed by atoms with Crippen molar-refractivity contribution in [3.8, 4) is 0 Å². The summed E-state index contributed by atoms with van der Waals surface area (Å²) in [6.45, 7) is 10.3. The Morgan fingerprint density at radius 2 is 2.05 bits per heavy atom. The van der Waals surface area contributed by atoms with Crippen molar-refractivity contribution in [3.05, 3.63) is 11.6 Å². The van der Waals surface area contributed by atoms with E-state index in [4.69, 9.17) is 0 Å². The number of rotatable bonds is 4. The fourth-order valence-electron chi connectivity index (χ4n) is 3.24. The van der Waals surface area contributed by atoms with E-state index in [0.717, 1.165) is 17.7 Å². The summed E-state index contributed by atoms with van der Waals surface area (Å²) in [5.74, 6) is 3.47. The third kappa shape index (κ3) is 3.21. The largest absolute Gasteiger partial charge is 0.314 e. The van der Waals surface area contributed by atoms with Gasteiger partial charge in [0.2, 0.25) is 0 Å². The molecule has 1 atom stereocenters. The molecule has 1 saturated carbocycles. The molecule has 4 heteroatoms. The van der Waals surface area contributed by atoms with Gasteiger partial charge < -0.3 is 4.57 Å². The van der Waals surface area contributed by atoms with Crippen LogP contribution >= 0.6 is 15.9 Å². The maximum Gasteiger partial charge on any atom is 0.143 e. The molecule has 1 fully saturated rings. The van der Waals surface area contributed by atoms with Crippen LogP contribution in [0.25, 0.3) is 0 Å². The van der Waals surface area contributed by atoms with E-state index in [9.17, 15) is 0 Å². The first-order valence-corrected chi connectivity index (χ1v) is 8.56. The average molecular weight is 328 g/mol. The van der Waals surface area contributed by atoms with Crippen LogP contribution < -0.4 is 0 Å². The molecule has 1 aliphatic carbocycles. The normalized spacial score (nSPS) is 22.9. The molecule has 19 heavy (non-hydrogen) atoms. The molecule has 1 unspecified atom stereocenters. The number of hydrogen-bond donors (Lipinski definition) is 0. The lowest BCUT2D eigenvalue weighted by molar-refractivity contribution is 0.187. The van der Waals surface area contributed by atoms with Crippen LogP contribution in [-0.4, -0.2) is 14.8 Å². The summed E-state index contributed by atoms with van der Waals surface area (Å²) in [6.07, 6.45) is 5.24. The summed E-state index contributed by atoms with van der Waals surface area (Å²) >= 11 is 3.54. The van der Waals surface area contributed by atoms with E-state index in [1.54, 1.807) is 0 Å². The van der Waals surface area contributed by atoms with Crippen LogP contribution in [0.3, 0.4) is 0 Å². The van der Waals surface area contributed by atoms with Crippen LogP contribution in [0.1, 0.15) is 70.9 Å². The van der Waals surface area contributed by atoms with Crippen molar-refractivity contribution in [3.63, 3.8) is 0 Å². The van der Waals surface area contributed by atoms with Crippen LogP contribution in [0.15, 0.2) is 0 Å². The van der Waals surface area contributed by atoms with E-state index in [2.05, 4.69) is 58.4 Å². The number of aromatic nitrogens is 3. The molecule has 1 aromatic heterocycles. The Morgan fingerprint density at radius 3 is 2.63 bits per heavy atom. The highest BCUT2D eigenvalue weighted by Gasteiger charge is 2.36. The van der Waals surface area contributed by atoms with Gasteiger partial charge in [0.15, 0.2) is 0 Å². The van der Waals surface area contributed by atoms with Gasteiger partial charge in [-0.1, -0.05) is 56.5 Å². The maximum atomic E-state index is 4.54. The molecule has 1 heterocycles. The first-order chi connectivity index (χ1) is 8.95. The smallest absolute Gasteiger partial charge is 0.143 e. The molecular formula is C15H26BrN3. The zero-order chi connectivity index (χ0) is 14.0. The highest BCUT2D eigenvalue weighted by molar-refractivity contribution is 9.08. The van der Waals surface area contributed by atoms with E-state index in [1.807, 2.05) is 0 Å². The molecule has 0 radical (unpaired) electrons. The third-order valence-corrected chi connectivity index (χ3v) is 4.84. The molecule has 0 aromatic carbocycles. The fourth-order valence-corrected chi connectivity index (χ4v) is 3.66. The highest BCUT2D eigenvalue weighted by Crippen LogP contribution is 2.46. The van der Waals surface area contributed by atoms with Crippen molar-refractivity contribution in [1.29, 1.82) is 0 Å². The number of halogens is 1. The van der Waals surface area contributed by atoms with Crippen molar-refractivity contribution in [2.45, 2.75) is 71.2 Å². The van der Waals surface area contributed by atoms with Crippen LogP contribution in [0.5, 0.6) is 0 Å². The Balaban J connectivity index is 2.35. The Labute approximate surface area is 125 Å². The molecule has 0 spiro atoms. The first kappa shape index (κ1) is 15.0. The molecule has 0 N–H and O–H groups in total. The highest BCUT2D eigenvalue weighted by atomic mass is 79.9. The lowest BCUT2D eigenvalue weighted by Crippen LogP contribution is -2.29. The summed E-state index contributed by atoms with van der Waals surface area (Å²) in [7, 11) is 0. The summed E-state index contributed by atoms with van der Waals surface area (Å²) in [4.78, 5) is 0. The second kappa shape index (κ2) is 5.94. The lowest BCUT2D eigenvalue weighted by Gasteiger charge is -2.38. The lowest BCUT2D eigenvalue weighted by atomic mass is 9.68. The SMILES string of the molecule is CC(C)Cn1c(CBr)nnc1C1CCCCC1(C)C. The van der Waals surface area contributed by atoms with Crippen LogP contribution in [0.2, 0.25) is 0 Å². The van der Waals surface area contributed by atoms with Gasteiger partial charge in [-0.3, -0.25) is 0 Å². The van der Waals surface area contributed by atoms with Gasteiger partial charge >= 0.3 is 0 Å². The molecule has 0 bridgehead atoms. The summed E-state index contributed by atoms with van der Waals surface area (Å²) in [5, 5.41) is 9.73. The van der Waals surface area contributed by atoms with Crippen molar-refractivity contribution >= 4 is 15.9 Å². The molecule has 3 nitrogen and oxygen atoms in total. The number of alkyl halides is 1. The van der Waals surface area contributed by atoms with Crippen molar-refractivity contribution in [2.75, 3.05) is 0 Å². The molecule has 2 rings (SSSR count). The second-order valence-corrected chi connectivity index (χ2v) is 7.46. The summed E-state index contributed by atoms with van der Waals surface area (Å²) in [6, 6.07) is 0. The van der Waals surface area contributed by atoms with Gasteiger partial charge in [0.05, 0.1) is 5.33 Å². The molecule has 0 amide bonds. The van der Waals surface area contributed by atoms with Crippen LogP contribution in [0, 0.1) is 11.3 Å². The van der Waals surface area contributed by atoms with Crippen LogP contribution in [-0.2, 0) is 11.9 Å². The zero-order valence-electron chi connectivity index (χ0n) is 12.6. The van der Waals surface area contributed by atoms with E-state index in [0.29, 0.717) is 17.3 Å². The quantitative estimate of drug-likeness (QED) is 0.761. The number of nitrogens with zero attached hydrogens (tertiary/aromatic N) is 3. The van der Waals surface area contributed by atoms with Crippen molar-refractivity contribution < 1.29 is 0 Å². The monoisotopic (exact) mass is 327 g/mol. The Morgan fingerprint density at radius 1 is 1.32 bits per heavy atom. The third-order valence-electron chi connectivity index (χ3n) is 4.34. The Hall–Kier alpha value is -0.380. The van der Waals surface area contributed by atoms with Gasteiger partial charge in [-0.15, -0.1) is 10.2 Å². The molecular weight excluding hydrogens is 302 g/mol. The number of hydrogen-bond acceptors (Lipinski definition) is 2. The van der Waals surface area contributed by atoms with E-state index in [-0.39, 0.29) is 0 Å². The topological polar surface area (TPSA) is 30.7 Å². The Kier molecular flexibility index (Phi) is 4.70. The van der Waals surface area contributed by atoms with E-state index in [1.165, 1.54) is 31.5 Å². The van der Waals surface area contributed by atoms with Gasteiger partial charge in [-0.05, 0) is 24.2 Å². The van der Waals surface area contributed by atoms with Gasteiger partial charge in [0.25, 0.3) is 0 Å². The molecule has 1 aliphatic rings. The predicted octanol–water partition coefficient (Wildman–Crippen LogP) is 4.51. The van der Waals surface area contributed by atoms with E-state index < -0.39 is 0 Å². The predicted molar refractivity (Wildman–Crippen MR) is 82.5 cm³/mol. The van der Waals surface area contributed by atoms with E-state index >= 15 is 0 Å². The summed E-state index contributed by atoms with van der Waals surface area (Å²) in [5.41, 5.74) is 0.351. The standard InChI is InChI=1S/C15H26BrN3/c1-11(2)10-19-13(9-16)17-18-14(19)12-7-5-6-8-15(12,3)4/h11-12H,5-10H2,1-4H3. The minimum Gasteiger partial charge on any atom is -0.314 e. The van der Waals surface area contributed by atoms with Gasteiger partial charge in [-0.25, -0.2) is 0 Å². The fraction of sp³-hybridized carbons (Fsp3) is 0.867. The van der Waals surface area contributed by atoms with Crippen molar-refractivity contribution in [1.82, 2.24) is 14.8 Å². The van der Waals surface area contributed by atoms with Crippen molar-refractivity contribution in [2.24, 2.45) is 11.3 Å². The second-order valence-electron chi connectivity index (χ2n) is 6.90. The van der Waals surface area contributed by atoms with Gasteiger partial charge in [0.1, 0.15) is 11.6 Å². The zero-order valence-corrected chi connectivity index (χ0v) is 14.2. The first-order valence-electron chi connectivity index (χ1n) is 7.43. The molecule has 1 aromatic rings. The van der Waals surface area contributed by atoms with Gasteiger partial charge in [0, 0.05) is 12.5 Å². The van der Waals surface area contributed by atoms with Crippen LogP contribution in [0.4, 0.5) is 0 Å². The average Bonchev–Trinajstić information content (AvgIpc) is 2.70. The maximum absolute atomic E-state index is 4.54. The summed E-state index contributed by atoms with van der Waals surface area (Å²) < 4.78 is 2.36. The molecule has 108 valence electrons. The molecule has 0 saturated heterocycles. The minimum absolute atomic E-state index is 0.351. The minimum atomic E-state index is 0.351. The van der Waals surface area contributed by atoms with Gasteiger partial charge in [-0.2, -0.15) is 0 Å².